The SMILES string of the molecule is CCCCCCC/C=C\CCCCCCCC(=O)OCCCCCCCCCCCCCCC/C=C\C/C=C\CCCCCCCCCCCCCCCCCCCC(=O)NC(CO)C(O)/C=C/CCCCCCCCCCCCCCC. The first-order valence-corrected chi connectivity index (χ1v) is 37.4. The van der Waals surface area contributed by atoms with Gasteiger partial charge in [-0.05, 0) is 89.9 Å². The fourth-order valence-corrected chi connectivity index (χ4v) is 11.6. The van der Waals surface area contributed by atoms with Crippen LogP contribution in [0, 0.1) is 0 Å². The van der Waals surface area contributed by atoms with Gasteiger partial charge in [0.2, 0.25) is 5.91 Å². The molecule has 0 aliphatic rings. The average Bonchev–Trinajstić information content (AvgIpc) is 3.49. The number of carbonyl (C=O) groups excluding carboxylic acids is 2. The molecular weight excluding hydrogens is 1020 g/mol. The molecule has 0 aromatic heterocycles. The third kappa shape index (κ3) is 68.8. The third-order valence-electron chi connectivity index (χ3n) is 17.3. The highest BCUT2D eigenvalue weighted by atomic mass is 16.5. The van der Waals surface area contributed by atoms with Crippen LogP contribution in [0.1, 0.15) is 406 Å². The van der Waals surface area contributed by atoms with Crippen molar-refractivity contribution in [1.82, 2.24) is 5.32 Å². The van der Waals surface area contributed by atoms with Gasteiger partial charge in [-0.1, -0.05) is 351 Å². The number of nitrogens with one attached hydrogen (secondary N) is 1. The van der Waals surface area contributed by atoms with Crippen LogP contribution in [0.2, 0.25) is 0 Å². The zero-order valence-corrected chi connectivity index (χ0v) is 55.9. The smallest absolute Gasteiger partial charge is 0.305 e. The van der Waals surface area contributed by atoms with Crippen LogP contribution < -0.4 is 5.32 Å². The van der Waals surface area contributed by atoms with Gasteiger partial charge in [-0.25, -0.2) is 0 Å². The van der Waals surface area contributed by atoms with Gasteiger partial charge in [0, 0.05) is 12.8 Å². The molecule has 2 atom stereocenters. The number of aliphatic hydroxyl groups is 2. The monoisotopic (exact) mass is 1160 g/mol. The summed E-state index contributed by atoms with van der Waals surface area (Å²) in [4.78, 5) is 24.6. The lowest BCUT2D eigenvalue weighted by molar-refractivity contribution is -0.143. The van der Waals surface area contributed by atoms with Crippen molar-refractivity contribution in [3.63, 3.8) is 0 Å². The molecule has 0 aromatic rings. The molecule has 6 nitrogen and oxygen atoms in total. The summed E-state index contributed by atoms with van der Waals surface area (Å²) < 4.78 is 5.49. The number of hydrogen-bond acceptors (Lipinski definition) is 5. The minimum absolute atomic E-state index is 0.0102. The summed E-state index contributed by atoms with van der Waals surface area (Å²) in [6.45, 7) is 4.92. The van der Waals surface area contributed by atoms with Crippen LogP contribution in [0.15, 0.2) is 48.6 Å². The fraction of sp³-hybridized carbons (Fsp3) is 0.870. The van der Waals surface area contributed by atoms with Crippen LogP contribution in [-0.4, -0.2) is 47.4 Å². The van der Waals surface area contributed by atoms with E-state index in [0.29, 0.717) is 19.4 Å². The molecule has 0 rings (SSSR count). The minimum Gasteiger partial charge on any atom is -0.466 e. The normalized spacial score (nSPS) is 12.8. The maximum atomic E-state index is 12.5. The number of hydrogen-bond donors (Lipinski definition) is 3. The molecule has 0 aliphatic carbocycles. The van der Waals surface area contributed by atoms with Gasteiger partial charge in [0.1, 0.15) is 0 Å². The second-order valence-electron chi connectivity index (χ2n) is 25.6. The molecule has 0 saturated heterocycles. The zero-order valence-electron chi connectivity index (χ0n) is 55.9. The van der Waals surface area contributed by atoms with Crippen LogP contribution in [0.3, 0.4) is 0 Å². The van der Waals surface area contributed by atoms with Gasteiger partial charge >= 0.3 is 5.97 Å². The summed E-state index contributed by atoms with van der Waals surface area (Å²) in [5.74, 6) is -0.0530. The maximum absolute atomic E-state index is 12.5. The van der Waals surface area contributed by atoms with Gasteiger partial charge in [-0.15, -0.1) is 0 Å². The molecular formula is C77H145NO5. The molecule has 83 heavy (non-hydrogen) atoms. The van der Waals surface area contributed by atoms with E-state index in [-0.39, 0.29) is 18.5 Å². The Morgan fingerprint density at radius 1 is 0.337 bits per heavy atom. The van der Waals surface area contributed by atoms with Crippen LogP contribution >= 0.6 is 0 Å². The second-order valence-corrected chi connectivity index (χ2v) is 25.6. The molecule has 488 valence electrons. The lowest BCUT2D eigenvalue weighted by Crippen LogP contribution is -2.45. The van der Waals surface area contributed by atoms with E-state index < -0.39 is 12.1 Å². The predicted molar refractivity (Wildman–Crippen MR) is 366 cm³/mol. The highest BCUT2D eigenvalue weighted by molar-refractivity contribution is 5.76. The van der Waals surface area contributed by atoms with Gasteiger partial charge in [-0.3, -0.25) is 9.59 Å². The lowest BCUT2D eigenvalue weighted by Gasteiger charge is -2.20. The van der Waals surface area contributed by atoms with E-state index in [0.717, 1.165) is 51.4 Å². The first kappa shape index (κ1) is 80.8. The number of rotatable bonds is 70. The van der Waals surface area contributed by atoms with Crippen LogP contribution in [0.5, 0.6) is 0 Å². The maximum Gasteiger partial charge on any atom is 0.305 e. The van der Waals surface area contributed by atoms with Gasteiger partial charge in [0.05, 0.1) is 25.4 Å². The summed E-state index contributed by atoms with van der Waals surface area (Å²) in [5, 5.41) is 23.2. The van der Waals surface area contributed by atoms with E-state index in [4.69, 9.17) is 4.74 Å². The minimum atomic E-state index is -0.843. The number of amides is 1. The molecule has 2 unspecified atom stereocenters. The van der Waals surface area contributed by atoms with E-state index in [1.165, 1.54) is 327 Å². The zero-order chi connectivity index (χ0) is 59.9. The number of allylic oxidation sites excluding steroid dienone is 7. The quantitative estimate of drug-likeness (QED) is 0.0320. The molecule has 0 bridgehead atoms. The summed E-state index contributed by atoms with van der Waals surface area (Å²) in [6.07, 6.45) is 95.0. The summed E-state index contributed by atoms with van der Waals surface area (Å²) >= 11 is 0. The van der Waals surface area contributed by atoms with Crippen molar-refractivity contribution in [2.75, 3.05) is 13.2 Å². The van der Waals surface area contributed by atoms with Crippen LogP contribution in [0.25, 0.3) is 0 Å². The average molecular weight is 1170 g/mol. The van der Waals surface area contributed by atoms with Crippen molar-refractivity contribution < 1.29 is 24.5 Å². The van der Waals surface area contributed by atoms with E-state index >= 15 is 0 Å². The largest absolute Gasteiger partial charge is 0.466 e. The van der Waals surface area contributed by atoms with Crippen molar-refractivity contribution >= 4 is 11.9 Å². The molecule has 0 aromatic carbocycles. The van der Waals surface area contributed by atoms with Crippen LogP contribution in [-0.2, 0) is 14.3 Å². The molecule has 6 heteroatoms. The van der Waals surface area contributed by atoms with Gasteiger partial charge in [-0.2, -0.15) is 0 Å². The van der Waals surface area contributed by atoms with Gasteiger partial charge in [0.25, 0.3) is 0 Å². The Morgan fingerprint density at radius 2 is 0.602 bits per heavy atom. The van der Waals surface area contributed by atoms with E-state index in [9.17, 15) is 19.8 Å². The fourth-order valence-electron chi connectivity index (χ4n) is 11.6. The molecule has 0 aliphatic heterocycles. The topological polar surface area (TPSA) is 95.9 Å². The van der Waals surface area contributed by atoms with Crippen molar-refractivity contribution in [1.29, 1.82) is 0 Å². The number of unbranched alkanes of at least 4 members (excludes halogenated alkanes) is 53. The molecule has 0 saturated carbocycles. The van der Waals surface area contributed by atoms with E-state index in [1.54, 1.807) is 6.08 Å². The molecule has 0 radical (unpaired) electrons. The number of esters is 1. The summed E-state index contributed by atoms with van der Waals surface area (Å²) in [5.41, 5.74) is 0. The van der Waals surface area contributed by atoms with E-state index in [2.05, 4.69) is 55.6 Å². The Balaban J connectivity index is 3.37. The highest BCUT2D eigenvalue weighted by Crippen LogP contribution is 2.18. The number of aliphatic hydroxyl groups excluding tert-OH is 2. The highest BCUT2D eigenvalue weighted by Gasteiger charge is 2.18. The summed E-state index contributed by atoms with van der Waals surface area (Å²) in [6, 6.07) is -0.626. The van der Waals surface area contributed by atoms with Crippen molar-refractivity contribution in [2.45, 2.75) is 418 Å². The Labute approximate surface area is 518 Å². The third-order valence-corrected chi connectivity index (χ3v) is 17.3. The Kier molecular flexibility index (Phi) is 70.4. The Bertz CT molecular complexity index is 1390. The van der Waals surface area contributed by atoms with Crippen LogP contribution in [0.4, 0.5) is 0 Å². The second kappa shape index (κ2) is 72.3. The Hall–Kier alpha value is -2.18. The Morgan fingerprint density at radius 3 is 0.928 bits per heavy atom. The lowest BCUT2D eigenvalue weighted by atomic mass is 10.0. The first-order valence-electron chi connectivity index (χ1n) is 37.4. The number of carbonyl (C=O) groups is 2. The molecule has 0 spiro atoms. The standard InChI is InChI=1S/C77H145NO5/c1-3-5-7-9-11-13-15-17-42-45-49-53-57-61-65-69-75(80)74(73-79)78-76(81)70-66-62-58-54-50-46-43-40-38-36-34-32-30-28-26-24-22-20-19-21-23-25-27-29-31-33-35-37-39-41-44-48-52-56-60-64-68-72-83-77(82)71-67-63-59-55-51-47-18-16-14-12-10-8-6-4-2/h16,18-19,21,25,27,65,69,74-75,79-80H,3-15,17,20,22-24,26,28-64,66-68,70-73H2,1-2H3,(H,78,81)/b18-16-,21-19-,27-25-,69-65+. The van der Waals surface area contributed by atoms with Gasteiger partial charge < -0.3 is 20.3 Å². The molecule has 3 N–H and O–H groups in total. The van der Waals surface area contributed by atoms with E-state index in [1.807, 2.05) is 6.08 Å². The van der Waals surface area contributed by atoms with Crippen molar-refractivity contribution in [3.05, 3.63) is 48.6 Å². The first-order chi connectivity index (χ1) is 41.0. The number of ether oxygens (including phenoxy) is 1. The van der Waals surface area contributed by atoms with Crippen molar-refractivity contribution in [2.24, 2.45) is 0 Å². The van der Waals surface area contributed by atoms with Crippen molar-refractivity contribution in [3.8, 4) is 0 Å². The molecule has 0 heterocycles. The summed E-state index contributed by atoms with van der Waals surface area (Å²) in [7, 11) is 0. The molecule has 0 fully saturated rings. The predicted octanol–water partition coefficient (Wildman–Crippen LogP) is 24.4. The molecule has 1 amide bonds. The van der Waals surface area contributed by atoms with Gasteiger partial charge in [0.15, 0.2) is 0 Å².